The lowest BCUT2D eigenvalue weighted by atomic mass is 10.0. The van der Waals surface area contributed by atoms with Crippen molar-refractivity contribution >= 4 is 40.3 Å². The molecule has 1 fully saturated rings. The summed E-state index contributed by atoms with van der Waals surface area (Å²) in [6.45, 7) is 4.99. The Labute approximate surface area is 296 Å². The zero-order valence-corrected chi connectivity index (χ0v) is 29.3. The number of carbonyl (C=O) groups is 3. The number of ether oxygens (including phenoxy) is 3. The zero-order valence-electron chi connectivity index (χ0n) is 29.3. The molecule has 5 rings (SSSR count). The molecular formula is C35H38F3N7O7. The van der Waals surface area contributed by atoms with Crippen LogP contribution >= 0.6 is 0 Å². The van der Waals surface area contributed by atoms with Crippen molar-refractivity contribution < 1.29 is 41.8 Å². The fourth-order valence-corrected chi connectivity index (χ4v) is 5.90. The molecule has 52 heavy (non-hydrogen) atoms. The van der Waals surface area contributed by atoms with Gasteiger partial charge in [0.05, 0.1) is 57.1 Å². The minimum atomic E-state index is -1.31. The largest absolute Gasteiger partial charge is 0.497 e. The molecule has 1 aromatic heterocycles. The predicted molar refractivity (Wildman–Crippen MR) is 186 cm³/mol. The van der Waals surface area contributed by atoms with Crippen molar-refractivity contribution in [1.29, 1.82) is 0 Å². The number of fused-ring (bicyclic) bond motifs is 1. The van der Waals surface area contributed by atoms with E-state index >= 15 is 0 Å². The molecule has 4 aromatic rings. The average Bonchev–Trinajstić information content (AvgIpc) is 3.13. The van der Waals surface area contributed by atoms with Crippen LogP contribution in [0.15, 0.2) is 59.4 Å². The van der Waals surface area contributed by atoms with Gasteiger partial charge in [-0.05, 0) is 63.2 Å². The Morgan fingerprint density at radius 3 is 2.17 bits per heavy atom. The number of amides is 4. The molecule has 2 heterocycles. The van der Waals surface area contributed by atoms with Gasteiger partial charge >= 0.3 is 12.1 Å². The van der Waals surface area contributed by atoms with Crippen LogP contribution in [0.3, 0.4) is 0 Å². The van der Waals surface area contributed by atoms with Crippen molar-refractivity contribution in [1.82, 2.24) is 19.9 Å². The van der Waals surface area contributed by atoms with Crippen LogP contribution in [0.2, 0.25) is 0 Å². The van der Waals surface area contributed by atoms with Gasteiger partial charge in [-0.15, -0.1) is 0 Å². The lowest BCUT2D eigenvalue weighted by molar-refractivity contribution is -0.137. The summed E-state index contributed by atoms with van der Waals surface area (Å²) < 4.78 is 59.6. The van der Waals surface area contributed by atoms with Crippen LogP contribution in [-0.2, 0) is 9.53 Å². The van der Waals surface area contributed by atoms with Crippen LogP contribution in [0.25, 0.3) is 10.9 Å². The van der Waals surface area contributed by atoms with Crippen molar-refractivity contribution in [2.45, 2.75) is 32.4 Å². The molecule has 1 unspecified atom stereocenters. The average molecular weight is 726 g/mol. The number of rotatable bonds is 9. The highest BCUT2D eigenvalue weighted by atomic mass is 19.2. The van der Waals surface area contributed by atoms with E-state index in [-0.39, 0.29) is 60.0 Å². The molecule has 3 aromatic carbocycles. The van der Waals surface area contributed by atoms with Gasteiger partial charge in [0.15, 0.2) is 17.5 Å². The van der Waals surface area contributed by atoms with Gasteiger partial charge in [-0.25, -0.2) is 32.4 Å². The van der Waals surface area contributed by atoms with Gasteiger partial charge in [0, 0.05) is 30.9 Å². The van der Waals surface area contributed by atoms with Gasteiger partial charge in [-0.2, -0.15) is 0 Å². The number of piperazine rings is 1. The summed E-state index contributed by atoms with van der Waals surface area (Å²) in [6, 6.07) is 9.49. The molecule has 2 N–H and O–H groups in total. The molecule has 0 aliphatic carbocycles. The molecule has 1 atom stereocenters. The summed E-state index contributed by atoms with van der Waals surface area (Å²) in [6.07, 6.45) is -0.783. The third kappa shape index (κ3) is 7.52. The second kappa shape index (κ2) is 15.1. The van der Waals surface area contributed by atoms with Gasteiger partial charge in [-0.1, -0.05) is 0 Å². The second-order valence-corrected chi connectivity index (χ2v) is 12.4. The van der Waals surface area contributed by atoms with Gasteiger partial charge in [0.2, 0.25) is 5.91 Å². The van der Waals surface area contributed by atoms with Crippen LogP contribution in [0.4, 0.5) is 34.1 Å². The van der Waals surface area contributed by atoms with Crippen molar-refractivity contribution in [3.8, 4) is 11.5 Å². The number of hydrogen-bond donors (Lipinski definition) is 2. The summed E-state index contributed by atoms with van der Waals surface area (Å²) in [7, 11) is 4.03. The minimum Gasteiger partial charge on any atom is -0.497 e. The molecule has 4 amide bonds. The molecule has 1 aliphatic heterocycles. The number of methoxy groups -OCH3 is 3. The van der Waals surface area contributed by atoms with Crippen molar-refractivity contribution in [2.24, 2.45) is 0 Å². The summed E-state index contributed by atoms with van der Waals surface area (Å²) in [5, 5.41) is 6.60. The molecule has 0 bridgehead atoms. The number of nitrogens with one attached hydrogen (secondary N) is 2. The van der Waals surface area contributed by atoms with E-state index < -0.39 is 52.6 Å². The minimum absolute atomic E-state index is 0.0388. The lowest BCUT2D eigenvalue weighted by Gasteiger charge is -2.41. The van der Waals surface area contributed by atoms with Crippen molar-refractivity contribution in [3.05, 3.63) is 88.2 Å². The number of alkyl carbamates (subject to hydrolysis) is 1. The third-order valence-electron chi connectivity index (χ3n) is 8.60. The van der Waals surface area contributed by atoms with E-state index in [0.717, 1.165) is 12.1 Å². The molecular weight excluding hydrogens is 687 g/mol. The third-order valence-corrected chi connectivity index (χ3v) is 8.60. The summed E-state index contributed by atoms with van der Waals surface area (Å²) in [4.78, 5) is 61.1. The molecule has 1 aliphatic rings. The summed E-state index contributed by atoms with van der Waals surface area (Å²) in [5.41, 5.74) is -1.75. The number of nitrogens with zero attached hydrogens (tertiary/aromatic N) is 5. The first-order valence-electron chi connectivity index (χ1n) is 16.1. The topological polar surface area (TPSA) is 148 Å². The Bertz CT molecular complexity index is 2050. The highest BCUT2D eigenvalue weighted by Crippen LogP contribution is 2.37. The molecule has 17 heteroatoms. The molecule has 0 spiro atoms. The number of halogens is 3. The Balaban J connectivity index is 1.61. The van der Waals surface area contributed by atoms with Gasteiger partial charge < -0.3 is 34.8 Å². The van der Waals surface area contributed by atoms with Gasteiger partial charge in [0.1, 0.15) is 22.9 Å². The first kappa shape index (κ1) is 37.3. The number of hydrogen-bond acceptors (Lipinski definition) is 9. The molecule has 1 saturated heterocycles. The fraction of sp³-hybridized carbons (Fsp3) is 0.343. The first-order valence-corrected chi connectivity index (χ1v) is 16.1. The maximum atomic E-state index is 14.5. The number of urea groups is 1. The highest BCUT2D eigenvalue weighted by Gasteiger charge is 2.37. The van der Waals surface area contributed by atoms with E-state index in [4.69, 9.17) is 9.47 Å². The van der Waals surface area contributed by atoms with Gasteiger partial charge in [-0.3, -0.25) is 14.5 Å². The predicted octanol–water partition coefficient (Wildman–Crippen LogP) is 4.55. The first-order chi connectivity index (χ1) is 24.7. The maximum Gasteiger partial charge on any atom is 0.407 e. The van der Waals surface area contributed by atoms with Crippen LogP contribution in [0, 0.1) is 17.5 Å². The molecule has 14 nitrogen and oxygen atoms in total. The van der Waals surface area contributed by atoms with Crippen LogP contribution in [-0.4, -0.2) is 85.6 Å². The van der Waals surface area contributed by atoms with Crippen molar-refractivity contribution in [3.63, 3.8) is 0 Å². The Hall–Kier alpha value is -6.00. The normalized spacial score (nSPS) is 13.7. The smallest absolute Gasteiger partial charge is 0.407 e. The van der Waals surface area contributed by atoms with Gasteiger partial charge in [0.25, 0.3) is 5.56 Å². The van der Waals surface area contributed by atoms with E-state index in [1.165, 1.54) is 73.9 Å². The molecule has 0 radical (unpaired) electrons. The van der Waals surface area contributed by atoms with Crippen LogP contribution in [0.1, 0.15) is 32.6 Å². The number of aromatic nitrogens is 2. The summed E-state index contributed by atoms with van der Waals surface area (Å²) in [5.74, 6) is -2.81. The SMILES string of the molecule is COC(=O)NC(C)(C)C(=O)N1CCN(n2c(C(C)N(C(=O)Nc3ccc(F)cc3)c3ccc(OC)cc3OC)nc3cc(F)c(F)cc3c2=O)CC1. The van der Waals surface area contributed by atoms with E-state index in [1.807, 2.05) is 0 Å². The quantitative estimate of drug-likeness (QED) is 0.254. The standard InChI is InChI=1S/C35H38F3N7O7/c1-20(44(28-12-11-23(50-4)17-29(28)51-5)33(48)39-22-9-7-21(36)8-10-22)30-40-27-19-26(38)25(37)18-24(27)31(46)45(30)43-15-13-42(14-16-43)32(47)35(2,3)41-34(49)52-6/h7-12,17-20H,13-16H2,1-6H3,(H,39,48)(H,41,49). The van der Waals surface area contributed by atoms with Crippen LogP contribution < -0.4 is 35.6 Å². The maximum absolute atomic E-state index is 14.5. The fourth-order valence-electron chi connectivity index (χ4n) is 5.90. The monoisotopic (exact) mass is 725 g/mol. The lowest BCUT2D eigenvalue weighted by Crippen LogP contribution is -2.62. The number of anilines is 2. The zero-order chi connectivity index (χ0) is 37.9. The van der Waals surface area contributed by atoms with Crippen LogP contribution in [0.5, 0.6) is 11.5 Å². The second-order valence-electron chi connectivity index (χ2n) is 12.4. The molecule has 276 valence electrons. The van der Waals surface area contributed by atoms with E-state index in [0.29, 0.717) is 5.75 Å². The van der Waals surface area contributed by atoms with Crippen molar-refractivity contribution in [2.75, 3.05) is 62.7 Å². The number of benzene rings is 3. The molecule has 0 saturated carbocycles. The summed E-state index contributed by atoms with van der Waals surface area (Å²) >= 11 is 0. The number of carbonyl (C=O) groups excluding carboxylic acids is 3. The van der Waals surface area contributed by atoms with E-state index in [9.17, 15) is 32.3 Å². The van der Waals surface area contributed by atoms with E-state index in [2.05, 4.69) is 20.4 Å². The highest BCUT2D eigenvalue weighted by molar-refractivity contribution is 6.03. The Morgan fingerprint density at radius 1 is 0.904 bits per heavy atom. The Morgan fingerprint density at radius 2 is 1.56 bits per heavy atom. The van der Waals surface area contributed by atoms with E-state index in [1.54, 1.807) is 30.1 Å². The Kier molecular flexibility index (Phi) is 10.8.